The Morgan fingerprint density at radius 1 is 1.44 bits per heavy atom. The lowest BCUT2D eigenvalue weighted by molar-refractivity contribution is -0.147. The summed E-state index contributed by atoms with van der Waals surface area (Å²) in [5, 5.41) is 11.9. The normalized spacial score (nSPS) is 21.8. The molecule has 1 rings (SSSR count). The Kier molecular flexibility index (Phi) is 5.40. The first-order valence-electron chi connectivity index (χ1n) is 6.29. The zero-order chi connectivity index (χ0) is 13.7. The SMILES string of the molecule is CC(C)CC(C)NC(=O)N1CCOCC1C(=O)O. The number of hydrogen-bond donors (Lipinski definition) is 2. The zero-order valence-corrected chi connectivity index (χ0v) is 11.2. The van der Waals surface area contributed by atoms with E-state index < -0.39 is 12.0 Å². The molecule has 0 aliphatic carbocycles. The summed E-state index contributed by atoms with van der Waals surface area (Å²) < 4.78 is 5.09. The summed E-state index contributed by atoms with van der Waals surface area (Å²) >= 11 is 0. The van der Waals surface area contributed by atoms with E-state index in [0.29, 0.717) is 19.1 Å². The summed E-state index contributed by atoms with van der Waals surface area (Å²) in [5.41, 5.74) is 0. The highest BCUT2D eigenvalue weighted by Crippen LogP contribution is 2.09. The van der Waals surface area contributed by atoms with E-state index in [2.05, 4.69) is 19.2 Å². The van der Waals surface area contributed by atoms with E-state index in [1.165, 1.54) is 4.90 Å². The molecule has 0 aromatic rings. The number of carbonyl (C=O) groups is 2. The van der Waals surface area contributed by atoms with Gasteiger partial charge in [0.05, 0.1) is 13.2 Å². The second-order valence-electron chi connectivity index (χ2n) is 5.10. The van der Waals surface area contributed by atoms with E-state index in [-0.39, 0.29) is 18.7 Å². The fraction of sp³-hybridized carbons (Fsp3) is 0.833. The van der Waals surface area contributed by atoms with E-state index in [1.807, 2.05) is 6.92 Å². The monoisotopic (exact) mass is 258 g/mol. The first-order chi connectivity index (χ1) is 8.41. The molecule has 1 aliphatic heterocycles. The van der Waals surface area contributed by atoms with Crippen LogP contribution >= 0.6 is 0 Å². The van der Waals surface area contributed by atoms with Crippen LogP contribution in [0.1, 0.15) is 27.2 Å². The molecule has 0 aromatic heterocycles. The third-order valence-electron chi connectivity index (χ3n) is 2.87. The maximum atomic E-state index is 12.0. The number of ether oxygens (including phenoxy) is 1. The fourth-order valence-electron chi connectivity index (χ4n) is 2.11. The lowest BCUT2D eigenvalue weighted by Crippen LogP contribution is -2.56. The number of aliphatic carboxylic acids is 1. The smallest absolute Gasteiger partial charge is 0.328 e. The van der Waals surface area contributed by atoms with Crippen LogP contribution in [0.4, 0.5) is 4.79 Å². The van der Waals surface area contributed by atoms with Crippen LogP contribution in [0.3, 0.4) is 0 Å². The number of urea groups is 1. The lowest BCUT2D eigenvalue weighted by Gasteiger charge is -2.33. The van der Waals surface area contributed by atoms with E-state index in [0.717, 1.165) is 6.42 Å². The first-order valence-corrected chi connectivity index (χ1v) is 6.29. The molecule has 0 radical (unpaired) electrons. The van der Waals surface area contributed by atoms with E-state index in [9.17, 15) is 9.59 Å². The number of carboxylic acid groups (broad SMARTS) is 1. The second-order valence-corrected chi connectivity index (χ2v) is 5.10. The maximum Gasteiger partial charge on any atom is 0.328 e. The van der Waals surface area contributed by atoms with Crippen LogP contribution in [0.25, 0.3) is 0 Å². The van der Waals surface area contributed by atoms with Gasteiger partial charge in [0, 0.05) is 12.6 Å². The summed E-state index contributed by atoms with van der Waals surface area (Å²) in [6, 6.07) is -1.17. The Balaban J connectivity index is 2.55. The van der Waals surface area contributed by atoms with Gasteiger partial charge in [0.25, 0.3) is 0 Å². The highest BCUT2D eigenvalue weighted by atomic mass is 16.5. The van der Waals surface area contributed by atoms with Crippen molar-refractivity contribution in [1.29, 1.82) is 0 Å². The molecule has 0 saturated carbocycles. The minimum Gasteiger partial charge on any atom is -0.480 e. The van der Waals surface area contributed by atoms with Crippen molar-refractivity contribution in [3.8, 4) is 0 Å². The van der Waals surface area contributed by atoms with Crippen LogP contribution in [-0.4, -0.2) is 53.8 Å². The van der Waals surface area contributed by atoms with Gasteiger partial charge in [0.1, 0.15) is 0 Å². The molecule has 18 heavy (non-hydrogen) atoms. The molecule has 0 aromatic carbocycles. The number of carbonyl (C=O) groups excluding carboxylic acids is 1. The van der Waals surface area contributed by atoms with Gasteiger partial charge in [-0.05, 0) is 19.3 Å². The molecule has 2 atom stereocenters. The van der Waals surface area contributed by atoms with Crippen molar-refractivity contribution >= 4 is 12.0 Å². The minimum atomic E-state index is -1.03. The molecule has 2 amide bonds. The Morgan fingerprint density at radius 3 is 2.67 bits per heavy atom. The molecule has 6 heteroatoms. The van der Waals surface area contributed by atoms with Gasteiger partial charge in [-0.15, -0.1) is 0 Å². The number of rotatable bonds is 4. The second kappa shape index (κ2) is 6.58. The predicted octanol–water partition coefficient (Wildman–Crippen LogP) is 0.916. The number of hydrogen-bond acceptors (Lipinski definition) is 3. The molecule has 1 heterocycles. The molecule has 2 N–H and O–H groups in total. The number of nitrogens with one attached hydrogen (secondary N) is 1. The highest BCUT2D eigenvalue weighted by Gasteiger charge is 2.33. The van der Waals surface area contributed by atoms with Gasteiger partial charge in [-0.25, -0.2) is 9.59 Å². The molecular formula is C12H22N2O4. The van der Waals surface area contributed by atoms with Crippen molar-refractivity contribution in [2.24, 2.45) is 5.92 Å². The summed E-state index contributed by atoms with van der Waals surface area (Å²) in [5.74, 6) is -0.540. The van der Waals surface area contributed by atoms with Crippen LogP contribution in [0.2, 0.25) is 0 Å². The van der Waals surface area contributed by atoms with Crippen molar-refractivity contribution in [2.75, 3.05) is 19.8 Å². The van der Waals surface area contributed by atoms with Crippen molar-refractivity contribution in [2.45, 2.75) is 39.3 Å². The third-order valence-corrected chi connectivity index (χ3v) is 2.87. The van der Waals surface area contributed by atoms with Gasteiger partial charge in [-0.1, -0.05) is 13.8 Å². The number of morpholine rings is 1. The van der Waals surface area contributed by atoms with Crippen LogP contribution in [0.15, 0.2) is 0 Å². The predicted molar refractivity (Wildman–Crippen MR) is 66.4 cm³/mol. The number of nitrogens with zero attached hydrogens (tertiary/aromatic N) is 1. The lowest BCUT2D eigenvalue weighted by atomic mass is 10.1. The van der Waals surface area contributed by atoms with Gasteiger partial charge < -0.3 is 20.1 Å². The summed E-state index contributed by atoms with van der Waals surface area (Å²) in [4.78, 5) is 24.4. The Morgan fingerprint density at radius 2 is 2.11 bits per heavy atom. The van der Waals surface area contributed by atoms with E-state index >= 15 is 0 Å². The maximum absolute atomic E-state index is 12.0. The van der Waals surface area contributed by atoms with Crippen molar-refractivity contribution in [1.82, 2.24) is 10.2 Å². The Labute approximate surface area is 107 Å². The summed E-state index contributed by atoms with van der Waals surface area (Å²) in [7, 11) is 0. The Bertz CT molecular complexity index is 306. The van der Waals surface area contributed by atoms with Crippen LogP contribution in [0.5, 0.6) is 0 Å². The van der Waals surface area contributed by atoms with Crippen molar-refractivity contribution in [3.05, 3.63) is 0 Å². The van der Waals surface area contributed by atoms with E-state index in [4.69, 9.17) is 9.84 Å². The standard InChI is InChI=1S/C12H22N2O4/c1-8(2)6-9(3)13-12(17)14-4-5-18-7-10(14)11(15)16/h8-10H,4-7H2,1-3H3,(H,13,17)(H,15,16). The quantitative estimate of drug-likeness (QED) is 0.785. The minimum absolute atomic E-state index is 0.0368. The zero-order valence-electron chi connectivity index (χ0n) is 11.2. The van der Waals surface area contributed by atoms with Gasteiger partial charge in [-0.2, -0.15) is 0 Å². The first kappa shape index (κ1) is 14.8. The Hall–Kier alpha value is -1.30. The summed E-state index contributed by atoms with van der Waals surface area (Å²) in [6.45, 7) is 6.84. The number of amides is 2. The fourth-order valence-corrected chi connectivity index (χ4v) is 2.11. The topological polar surface area (TPSA) is 78.9 Å². The van der Waals surface area contributed by atoms with Gasteiger partial charge >= 0.3 is 12.0 Å². The molecule has 0 spiro atoms. The van der Waals surface area contributed by atoms with Gasteiger partial charge in [0.15, 0.2) is 6.04 Å². The van der Waals surface area contributed by atoms with Crippen molar-refractivity contribution in [3.63, 3.8) is 0 Å². The molecule has 1 aliphatic rings. The van der Waals surface area contributed by atoms with Crippen LogP contribution < -0.4 is 5.32 Å². The molecular weight excluding hydrogens is 236 g/mol. The molecule has 2 unspecified atom stereocenters. The molecule has 1 saturated heterocycles. The molecule has 6 nitrogen and oxygen atoms in total. The number of carboxylic acids is 1. The van der Waals surface area contributed by atoms with Crippen molar-refractivity contribution < 1.29 is 19.4 Å². The molecule has 1 fully saturated rings. The van der Waals surface area contributed by atoms with Crippen LogP contribution in [0, 0.1) is 5.92 Å². The third kappa shape index (κ3) is 4.18. The van der Waals surface area contributed by atoms with E-state index in [1.54, 1.807) is 0 Å². The average Bonchev–Trinajstić information content (AvgIpc) is 2.27. The van der Waals surface area contributed by atoms with Crippen LogP contribution in [-0.2, 0) is 9.53 Å². The molecule has 0 bridgehead atoms. The summed E-state index contributed by atoms with van der Waals surface area (Å²) in [6.07, 6.45) is 0.869. The van der Waals surface area contributed by atoms with Gasteiger partial charge in [0.2, 0.25) is 0 Å². The molecule has 104 valence electrons. The average molecular weight is 258 g/mol. The largest absolute Gasteiger partial charge is 0.480 e. The van der Waals surface area contributed by atoms with Gasteiger partial charge in [-0.3, -0.25) is 0 Å². The highest BCUT2D eigenvalue weighted by molar-refractivity contribution is 5.83.